The van der Waals surface area contributed by atoms with Gasteiger partial charge in [0.25, 0.3) is 0 Å². The van der Waals surface area contributed by atoms with Gasteiger partial charge in [0.2, 0.25) is 0 Å². The lowest BCUT2D eigenvalue weighted by Gasteiger charge is -2.29. The van der Waals surface area contributed by atoms with E-state index in [0.717, 1.165) is 5.56 Å². The van der Waals surface area contributed by atoms with Crippen molar-refractivity contribution in [1.82, 2.24) is 4.98 Å². The van der Waals surface area contributed by atoms with E-state index in [9.17, 15) is 9.59 Å². The van der Waals surface area contributed by atoms with Gasteiger partial charge < -0.3 is 9.84 Å². The SMILES string of the molecule is CCC(CCC(=O)O)(C(=O)OC)c1ccncc1. The van der Waals surface area contributed by atoms with E-state index in [1.807, 2.05) is 6.92 Å². The number of carboxylic acids is 1. The van der Waals surface area contributed by atoms with E-state index < -0.39 is 17.4 Å². The van der Waals surface area contributed by atoms with Crippen molar-refractivity contribution in [1.29, 1.82) is 0 Å². The second-order valence-electron chi connectivity index (χ2n) is 4.06. The van der Waals surface area contributed by atoms with Gasteiger partial charge in [-0.15, -0.1) is 0 Å². The van der Waals surface area contributed by atoms with Gasteiger partial charge in [-0.3, -0.25) is 14.6 Å². The Kier molecular flexibility index (Phi) is 4.83. The summed E-state index contributed by atoms with van der Waals surface area (Å²) >= 11 is 0. The first-order chi connectivity index (χ1) is 8.56. The van der Waals surface area contributed by atoms with Crippen LogP contribution in [0.4, 0.5) is 0 Å². The highest BCUT2D eigenvalue weighted by Crippen LogP contribution is 2.34. The molecule has 98 valence electrons. The molecule has 0 bridgehead atoms. The van der Waals surface area contributed by atoms with Gasteiger partial charge in [0.1, 0.15) is 0 Å². The van der Waals surface area contributed by atoms with E-state index in [0.29, 0.717) is 6.42 Å². The Morgan fingerprint density at radius 3 is 2.44 bits per heavy atom. The predicted octanol–water partition coefficient (Wildman–Crippen LogP) is 1.77. The minimum atomic E-state index is -0.925. The minimum absolute atomic E-state index is 0.0781. The first-order valence-electron chi connectivity index (χ1n) is 5.77. The second kappa shape index (κ2) is 6.14. The quantitative estimate of drug-likeness (QED) is 0.780. The maximum Gasteiger partial charge on any atom is 0.316 e. The number of aliphatic carboxylic acids is 1. The molecule has 0 aliphatic heterocycles. The number of rotatable bonds is 6. The second-order valence-corrected chi connectivity index (χ2v) is 4.06. The minimum Gasteiger partial charge on any atom is -0.481 e. The zero-order valence-corrected chi connectivity index (χ0v) is 10.5. The molecule has 1 atom stereocenters. The molecule has 0 fully saturated rings. The van der Waals surface area contributed by atoms with Crippen LogP contribution in [0.25, 0.3) is 0 Å². The van der Waals surface area contributed by atoms with Crippen molar-refractivity contribution in [2.75, 3.05) is 7.11 Å². The number of carboxylic acid groups (broad SMARTS) is 1. The van der Waals surface area contributed by atoms with Gasteiger partial charge >= 0.3 is 11.9 Å². The van der Waals surface area contributed by atoms with Crippen LogP contribution in [0.1, 0.15) is 31.7 Å². The van der Waals surface area contributed by atoms with Crippen molar-refractivity contribution in [3.05, 3.63) is 30.1 Å². The van der Waals surface area contributed by atoms with Crippen LogP contribution >= 0.6 is 0 Å². The van der Waals surface area contributed by atoms with E-state index in [2.05, 4.69) is 4.98 Å². The van der Waals surface area contributed by atoms with E-state index in [1.54, 1.807) is 24.5 Å². The fourth-order valence-electron chi connectivity index (χ4n) is 2.08. The summed E-state index contributed by atoms with van der Waals surface area (Å²) in [4.78, 5) is 26.7. The summed E-state index contributed by atoms with van der Waals surface area (Å²) in [7, 11) is 1.31. The van der Waals surface area contributed by atoms with Crippen LogP contribution in [-0.4, -0.2) is 29.1 Å². The molecule has 1 aromatic rings. The lowest BCUT2D eigenvalue weighted by Crippen LogP contribution is -2.37. The molecule has 0 saturated carbocycles. The lowest BCUT2D eigenvalue weighted by atomic mass is 9.75. The third kappa shape index (κ3) is 2.85. The number of methoxy groups -OCH3 is 1. The van der Waals surface area contributed by atoms with Crippen molar-refractivity contribution in [2.45, 2.75) is 31.6 Å². The summed E-state index contributed by atoms with van der Waals surface area (Å²) in [5.41, 5.74) is -0.163. The summed E-state index contributed by atoms with van der Waals surface area (Å²) < 4.78 is 4.84. The van der Waals surface area contributed by atoms with Crippen LogP contribution < -0.4 is 0 Å². The van der Waals surface area contributed by atoms with Gasteiger partial charge in [-0.25, -0.2) is 0 Å². The molecule has 0 saturated heterocycles. The molecule has 0 radical (unpaired) electrons. The maximum absolute atomic E-state index is 12.0. The van der Waals surface area contributed by atoms with E-state index in [1.165, 1.54) is 7.11 Å². The van der Waals surface area contributed by atoms with Gasteiger partial charge in [0.15, 0.2) is 0 Å². The third-order valence-electron chi connectivity index (χ3n) is 3.18. The molecule has 0 aliphatic carbocycles. The Morgan fingerprint density at radius 2 is 2.00 bits per heavy atom. The van der Waals surface area contributed by atoms with Crippen LogP contribution in [0, 0.1) is 0 Å². The van der Waals surface area contributed by atoms with Gasteiger partial charge in [-0.05, 0) is 30.5 Å². The maximum atomic E-state index is 12.0. The number of nitrogens with zero attached hydrogens (tertiary/aromatic N) is 1. The topological polar surface area (TPSA) is 76.5 Å². The Bertz CT molecular complexity index is 418. The molecule has 0 aliphatic rings. The highest BCUT2D eigenvalue weighted by molar-refractivity contribution is 5.83. The smallest absolute Gasteiger partial charge is 0.316 e. The Morgan fingerprint density at radius 1 is 1.39 bits per heavy atom. The molecule has 0 aromatic carbocycles. The number of ether oxygens (including phenoxy) is 1. The Balaban J connectivity index is 3.14. The first-order valence-corrected chi connectivity index (χ1v) is 5.77. The lowest BCUT2D eigenvalue weighted by molar-refractivity contribution is -0.148. The summed E-state index contributed by atoms with van der Waals surface area (Å²) in [6.45, 7) is 1.85. The van der Waals surface area contributed by atoms with Crippen LogP contribution in [0.3, 0.4) is 0 Å². The van der Waals surface area contributed by atoms with Gasteiger partial charge in [0, 0.05) is 18.8 Å². The molecule has 0 spiro atoms. The van der Waals surface area contributed by atoms with Gasteiger partial charge in [0.05, 0.1) is 12.5 Å². The van der Waals surface area contributed by atoms with Gasteiger partial charge in [-0.2, -0.15) is 0 Å². The molecule has 1 heterocycles. The number of hydrogen-bond donors (Lipinski definition) is 1. The number of carbonyl (C=O) groups excluding carboxylic acids is 1. The number of carbonyl (C=O) groups is 2. The fraction of sp³-hybridized carbons (Fsp3) is 0.462. The average molecular weight is 251 g/mol. The van der Waals surface area contributed by atoms with Crippen LogP contribution in [0.2, 0.25) is 0 Å². The molecule has 5 nitrogen and oxygen atoms in total. The zero-order valence-electron chi connectivity index (χ0n) is 10.5. The Hall–Kier alpha value is -1.91. The van der Waals surface area contributed by atoms with Crippen molar-refractivity contribution in [2.24, 2.45) is 0 Å². The fourth-order valence-corrected chi connectivity index (χ4v) is 2.08. The highest BCUT2D eigenvalue weighted by atomic mass is 16.5. The van der Waals surface area contributed by atoms with Gasteiger partial charge in [-0.1, -0.05) is 6.92 Å². The summed E-state index contributed by atoms with van der Waals surface area (Å²) in [5.74, 6) is -1.33. The molecular weight excluding hydrogens is 234 g/mol. The molecule has 0 amide bonds. The molecule has 1 N–H and O–H groups in total. The van der Waals surface area contributed by atoms with Crippen LogP contribution in [0.15, 0.2) is 24.5 Å². The number of aromatic nitrogens is 1. The van der Waals surface area contributed by atoms with Crippen molar-refractivity contribution in [3.63, 3.8) is 0 Å². The Labute approximate surface area is 106 Å². The summed E-state index contributed by atoms with van der Waals surface area (Å²) in [6, 6.07) is 3.45. The average Bonchev–Trinajstić information content (AvgIpc) is 2.40. The highest BCUT2D eigenvalue weighted by Gasteiger charge is 2.39. The van der Waals surface area contributed by atoms with Crippen LogP contribution in [-0.2, 0) is 19.7 Å². The number of esters is 1. The largest absolute Gasteiger partial charge is 0.481 e. The van der Waals surface area contributed by atoms with Crippen molar-refractivity contribution in [3.8, 4) is 0 Å². The van der Waals surface area contributed by atoms with E-state index >= 15 is 0 Å². The molecule has 1 unspecified atom stereocenters. The third-order valence-corrected chi connectivity index (χ3v) is 3.18. The van der Waals surface area contributed by atoms with Crippen molar-refractivity contribution < 1.29 is 19.4 Å². The van der Waals surface area contributed by atoms with E-state index in [4.69, 9.17) is 9.84 Å². The zero-order chi connectivity index (χ0) is 13.6. The summed E-state index contributed by atoms with van der Waals surface area (Å²) in [5, 5.41) is 8.81. The molecule has 18 heavy (non-hydrogen) atoms. The predicted molar refractivity (Wildman–Crippen MR) is 65.1 cm³/mol. The number of hydrogen-bond acceptors (Lipinski definition) is 4. The molecular formula is C13H17NO4. The van der Waals surface area contributed by atoms with Crippen molar-refractivity contribution >= 4 is 11.9 Å². The number of pyridine rings is 1. The molecule has 1 aromatic heterocycles. The first kappa shape index (κ1) is 14.2. The van der Waals surface area contributed by atoms with E-state index in [-0.39, 0.29) is 12.8 Å². The van der Waals surface area contributed by atoms with Crippen LogP contribution in [0.5, 0.6) is 0 Å². The summed E-state index contributed by atoms with van der Waals surface area (Å²) in [6.07, 6.45) is 3.80. The molecule has 1 rings (SSSR count). The normalized spacial score (nSPS) is 13.7. The standard InChI is InChI=1S/C13H17NO4/c1-3-13(12(17)18-2,7-4-11(15)16)10-5-8-14-9-6-10/h5-6,8-9H,3-4,7H2,1-2H3,(H,15,16). The monoisotopic (exact) mass is 251 g/mol. The molecule has 5 heteroatoms.